The van der Waals surface area contributed by atoms with Crippen LogP contribution in [0.2, 0.25) is 5.02 Å². The molecule has 0 aliphatic carbocycles. The van der Waals surface area contributed by atoms with Crippen molar-refractivity contribution in [2.75, 3.05) is 13.1 Å². The lowest BCUT2D eigenvalue weighted by Crippen LogP contribution is -2.13. The third-order valence-corrected chi connectivity index (χ3v) is 3.23. The van der Waals surface area contributed by atoms with E-state index in [4.69, 9.17) is 11.6 Å². The van der Waals surface area contributed by atoms with Crippen molar-refractivity contribution in [3.05, 3.63) is 34.1 Å². The minimum Gasteiger partial charge on any atom is -0.317 e. The van der Waals surface area contributed by atoms with Gasteiger partial charge in [0.25, 0.3) is 0 Å². The number of benzene rings is 1. The van der Waals surface area contributed by atoms with E-state index in [1.165, 1.54) is 18.9 Å². The second-order valence-electron chi connectivity index (χ2n) is 4.36. The highest BCUT2D eigenvalue weighted by atomic mass is 35.5. The maximum absolute atomic E-state index is 13.2. The molecule has 0 bridgehead atoms. The minimum absolute atomic E-state index is 0.217. The normalized spacial score (nSPS) is 10.8. The van der Waals surface area contributed by atoms with E-state index < -0.39 is 0 Å². The molecule has 0 fully saturated rings. The van der Waals surface area contributed by atoms with Crippen molar-refractivity contribution < 1.29 is 4.39 Å². The second kappa shape index (κ2) is 7.67. The molecule has 0 aromatic heterocycles. The molecule has 0 aliphatic heterocycles. The number of unbranched alkanes of at least 4 members (excludes halogenated alkanes) is 2. The van der Waals surface area contributed by atoms with Crippen LogP contribution in [0.15, 0.2) is 12.1 Å². The number of nitrogens with one attached hydrogen (secondary N) is 1. The zero-order valence-electron chi connectivity index (χ0n) is 10.7. The minimum atomic E-state index is -0.217. The molecule has 0 heterocycles. The summed E-state index contributed by atoms with van der Waals surface area (Å²) in [4.78, 5) is 0. The predicted molar refractivity (Wildman–Crippen MR) is 72.2 cm³/mol. The molecule has 0 unspecified atom stereocenters. The molecule has 0 aliphatic rings. The molecular weight excluding hydrogens is 237 g/mol. The molecule has 1 N–H and O–H groups in total. The SMILES string of the molecule is CCNCCCCCc1cc(C)c(F)cc1Cl. The Balaban J connectivity index is 2.34. The van der Waals surface area contributed by atoms with E-state index in [-0.39, 0.29) is 5.82 Å². The Hall–Kier alpha value is -0.600. The second-order valence-corrected chi connectivity index (χ2v) is 4.76. The van der Waals surface area contributed by atoms with Gasteiger partial charge in [-0.25, -0.2) is 4.39 Å². The highest BCUT2D eigenvalue weighted by molar-refractivity contribution is 6.31. The van der Waals surface area contributed by atoms with Gasteiger partial charge in [0, 0.05) is 5.02 Å². The number of rotatable bonds is 7. The molecule has 1 aromatic rings. The molecule has 1 nitrogen and oxygen atoms in total. The van der Waals surface area contributed by atoms with Gasteiger partial charge in [-0.15, -0.1) is 0 Å². The number of hydrogen-bond donors (Lipinski definition) is 1. The quantitative estimate of drug-likeness (QED) is 0.725. The first kappa shape index (κ1) is 14.5. The Morgan fingerprint density at radius 1 is 1.24 bits per heavy atom. The fraction of sp³-hybridized carbons (Fsp3) is 0.571. The van der Waals surface area contributed by atoms with Gasteiger partial charge in [-0.2, -0.15) is 0 Å². The Labute approximate surface area is 108 Å². The maximum Gasteiger partial charge on any atom is 0.127 e. The zero-order valence-corrected chi connectivity index (χ0v) is 11.4. The van der Waals surface area contributed by atoms with Gasteiger partial charge in [0.05, 0.1) is 0 Å². The van der Waals surface area contributed by atoms with Gasteiger partial charge >= 0.3 is 0 Å². The van der Waals surface area contributed by atoms with Crippen molar-refractivity contribution in [3.63, 3.8) is 0 Å². The van der Waals surface area contributed by atoms with E-state index in [9.17, 15) is 4.39 Å². The van der Waals surface area contributed by atoms with Gasteiger partial charge in [-0.3, -0.25) is 0 Å². The van der Waals surface area contributed by atoms with E-state index in [0.717, 1.165) is 31.5 Å². The Morgan fingerprint density at radius 2 is 2.00 bits per heavy atom. The van der Waals surface area contributed by atoms with Crippen LogP contribution in [0.4, 0.5) is 4.39 Å². The Bertz CT molecular complexity index is 352. The summed E-state index contributed by atoms with van der Waals surface area (Å²) in [5.41, 5.74) is 1.74. The third-order valence-electron chi connectivity index (χ3n) is 2.88. The molecule has 1 aromatic carbocycles. The average molecular weight is 258 g/mol. The highest BCUT2D eigenvalue weighted by Crippen LogP contribution is 2.22. The molecule has 0 spiro atoms. The van der Waals surface area contributed by atoms with E-state index in [0.29, 0.717) is 10.6 Å². The molecule has 0 radical (unpaired) electrons. The van der Waals surface area contributed by atoms with Crippen LogP contribution in [0, 0.1) is 12.7 Å². The number of halogens is 2. The van der Waals surface area contributed by atoms with E-state index >= 15 is 0 Å². The van der Waals surface area contributed by atoms with Crippen molar-refractivity contribution in [1.29, 1.82) is 0 Å². The largest absolute Gasteiger partial charge is 0.317 e. The van der Waals surface area contributed by atoms with Crippen LogP contribution in [0.25, 0.3) is 0 Å². The van der Waals surface area contributed by atoms with Gasteiger partial charge < -0.3 is 5.32 Å². The maximum atomic E-state index is 13.2. The van der Waals surface area contributed by atoms with E-state index in [1.54, 1.807) is 6.92 Å². The van der Waals surface area contributed by atoms with Crippen molar-refractivity contribution >= 4 is 11.6 Å². The van der Waals surface area contributed by atoms with Crippen LogP contribution in [0.3, 0.4) is 0 Å². The van der Waals surface area contributed by atoms with Crippen LogP contribution in [0.5, 0.6) is 0 Å². The van der Waals surface area contributed by atoms with Gasteiger partial charge in [0.15, 0.2) is 0 Å². The molecule has 0 amide bonds. The lowest BCUT2D eigenvalue weighted by molar-refractivity contribution is 0.610. The fourth-order valence-electron chi connectivity index (χ4n) is 1.83. The lowest BCUT2D eigenvalue weighted by atomic mass is 10.0. The monoisotopic (exact) mass is 257 g/mol. The first-order valence-corrected chi connectivity index (χ1v) is 6.68. The molecule has 3 heteroatoms. The molecule has 1 rings (SSSR count). The van der Waals surface area contributed by atoms with Crippen molar-refractivity contribution in [1.82, 2.24) is 5.32 Å². The summed E-state index contributed by atoms with van der Waals surface area (Å²) in [6.07, 6.45) is 4.41. The van der Waals surface area contributed by atoms with Gasteiger partial charge in [0.1, 0.15) is 5.82 Å². The van der Waals surface area contributed by atoms with Gasteiger partial charge in [-0.1, -0.05) is 31.0 Å². The third kappa shape index (κ3) is 5.05. The standard InChI is InChI=1S/C14H21ClFN/c1-3-17-8-6-4-5-7-12-9-11(2)14(16)10-13(12)15/h9-10,17H,3-8H2,1-2H3. The van der Waals surface area contributed by atoms with E-state index in [2.05, 4.69) is 12.2 Å². The van der Waals surface area contributed by atoms with Crippen molar-refractivity contribution in [3.8, 4) is 0 Å². The molecule has 96 valence electrons. The molecule has 0 atom stereocenters. The summed E-state index contributed by atoms with van der Waals surface area (Å²) < 4.78 is 13.2. The summed E-state index contributed by atoms with van der Waals surface area (Å²) in [6, 6.07) is 3.28. The van der Waals surface area contributed by atoms with Crippen LogP contribution < -0.4 is 5.32 Å². The van der Waals surface area contributed by atoms with Crippen LogP contribution >= 0.6 is 11.6 Å². The van der Waals surface area contributed by atoms with Crippen LogP contribution in [-0.2, 0) is 6.42 Å². The first-order chi connectivity index (χ1) is 8.15. The summed E-state index contributed by atoms with van der Waals surface area (Å²) in [6.45, 7) is 6.00. The fourth-order valence-corrected chi connectivity index (χ4v) is 2.07. The first-order valence-electron chi connectivity index (χ1n) is 6.30. The molecule has 0 saturated heterocycles. The van der Waals surface area contributed by atoms with Crippen LogP contribution in [-0.4, -0.2) is 13.1 Å². The summed E-state index contributed by atoms with van der Waals surface area (Å²) in [7, 11) is 0. The highest BCUT2D eigenvalue weighted by Gasteiger charge is 2.05. The summed E-state index contributed by atoms with van der Waals surface area (Å²) in [5.74, 6) is -0.217. The molecule has 0 saturated carbocycles. The van der Waals surface area contributed by atoms with Gasteiger partial charge in [0.2, 0.25) is 0 Å². The number of aryl methyl sites for hydroxylation is 2. The number of hydrogen-bond acceptors (Lipinski definition) is 1. The van der Waals surface area contributed by atoms with E-state index in [1.807, 2.05) is 6.07 Å². The topological polar surface area (TPSA) is 12.0 Å². The average Bonchev–Trinajstić information content (AvgIpc) is 2.30. The lowest BCUT2D eigenvalue weighted by Gasteiger charge is -2.07. The van der Waals surface area contributed by atoms with Gasteiger partial charge in [-0.05, 0) is 56.5 Å². The summed E-state index contributed by atoms with van der Waals surface area (Å²) in [5, 5.41) is 3.85. The molecular formula is C14H21ClFN. The smallest absolute Gasteiger partial charge is 0.127 e. The predicted octanol–water partition coefficient (Wildman–Crippen LogP) is 4.11. The van der Waals surface area contributed by atoms with Crippen molar-refractivity contribution in [2.24, 2.45) is 0 Å². The Morgan fingerprint density at radius 3 is 2.71 bits per heavy atom. The molecule has 17 heavy (non-hydrogen) atoms. The van der Waals surface area contributed by atoms with Crippen molar-refractivity contribution in [2.45, 2.75) is 39.5 Å². The Kier molecular flexibility index (Phi) is 6.53. The zero-order chi connectivity index (χ0) is 12.7. The van der Waals surface area contributed by atoms with Crippen LogP contribution in [0.1, 0.15) is 37.3 Å². The summed E-state index contributed by atoms with van der Waals surface area (Å²) >= 11 is 6.01.